The monoisotopic (exact) mass is 378 g/mol. The van der Waals surface area contributed by atoms with E-state index in [1.54, 1.807) is 24.4 Å². The third-order valence-electron chi connectivity index (χ3n) is 6.00. The van der Waals surface area contributed by atoms with Crippen LogP contribution < -0.4 is 15.8 Å². The number of carbonyl (C=O) groups excluding carboxylic acids is 1. The van der Waals surface area contributed by atoms with Gasteiger partial charge in [0.2, 0.25) is 5.91 Å². The number of aromatic nitrogens is 4. The second-order valence-electron chi connectivity index (χ2n) is 7.87. The number of rotatable bonds is 4. The van der Waals surface area contributed by atoms with E-state index in [1.165, 1.54) is 36.4 Å². The maximum absolute atomic E-state index is 12.4. The van der Waals surface area contributed by atoms with Crippen LogP contribution in [0.5, 0.6) is 0 Å². The number of nitrogens with zero attached hydrogens (tertiary/aromatic N) is 5. The van der Waals surface area contributed by atoms with Gasteiger partial charge in [-0.25, -0.2) is 9.67 Å². The quantitative estimate of drug-likeness (QED) is 0.750. The van der Waals surface area contributed by atoms with E-state index in [2.05, 4.69) is 20.3 Å². The second-order valence-corrected chi connectivity index (χ2v) is 7.87. The van der Waals surface area contributed by atoms with Crippen molar-refractivity contribution in [2.45, 2.75) is 32.2 Å². The first-order chi connectivity index (χ1) is 13.6. The molecule has 0 radical (unpaired) electrons. The Bertz CT molecular complexity index is 1100. The summed E-state index contributed by atoms with van der Waals surface area (Å²) in [6.07, 6.45) is 10.4. The second kappa shape index (κ2) is 6.47. The minimum absolute atomic E-state index is 0.120. The van der Waals surface area contributed by atoms with Crippen LogP contribution in [-0.2, 0) is 11.3 Å². The molecule has 0 bridgehead atoms. The number of hydrogen-bond acceptors (Lipinski definition) is 5. The molecule has 1 aliphatic carbocycles. The number of carbonyl (C=O) groups is 1. The van der Waals surface area contributed by atoms with Crippen molar-refractivity contribution in [1.29, 1.82) is 0 Å². The smallest absolute Gasteiger partial charge is 0.267 e. The standard InChI is InChI=1S/C20H22N6O2/c27-18(22-15-4-9-24-11-8-21-17(24)12-15)13-26-19(28)3-2-16(23-26)25-10-7-20(14-25)5-1-6-20/h2-4,8-9,11-12H,1,5-7,10,13-14H2,(H,22,27). The summed E-state index contributed by atoms with van der Waals surface area (Å²) in [5.74, 6) is 0.481. The Balaban J connectivity index is 1.30. The van der Waals surface area contributed by atoms with Crippen molar-refractivity contribution < 1.29 is 4.79 Å². The van der Waals surface area contributed by atoms with E-state index in [1.807, 2.05) is 16.8 Å². The Hall–Kier alpha value is -3.16. The fraction of sp³-hybridized carbons (Fsp3) is 0.400. The number of fused-ring (bicyclic) bond motifs is 1. The summed E-state index contributed by atoms with van der Waals surface area (Å²) in [7, 11) is 0. The van der Waals surface area contributed by atoms with Crippen molar-refractivity contribution in [2.75, 3.05) is 23.3 Å². The first-order valence-electron chi connectivity index (χ1n) is 9.66. The molecule has 5 rings (SSSR count). The molecule has 0 unspecified atom stereocenters. The molecule has 0 atom stereocenters. The Kier molecular flexibility index (Phi) is 3.92. The molecular weight excluding hydrogens is 356 g/mol. The van der Waals surface area contributed by atoms with Crippen LogP contribution in [-0.4, -0.2) is 38.2 Å². The van der Waals surface area contributed by atoms with Gasteiger partial charge in [-0.1, -0.05) is 6.42 Å². The molecule has 2 aliphatic rings. The molecule has 144 valence electrons. The van der Waals surface area contributed by atoms with Crippen LogP contribution in [0.1, 0.15) is 25.7 Å². The summed E-state index contributed by atoms with van der Waals surface area (Å²) in [4.78, 5) is 31.1. The van der Waals surface area contributed by atoms with Crippen LogP contribution in [0.2, 0.25) is 0 Å². The lowest BCUT2D eigenvalue weighted by molar-refractivity contribution is -0.117. The molecular formula is C20H22N6O2. The molecule has 3 aromatic rings. The summed E-state index contributed by atoms with van der Waals surface area (Å²) in [6.45, 7) is 1.84. The largest absolute Gasteiger partial charge is 0.355 e. The molecule has 1 saturated carbocycles. The minimum Gasteiger partial charge on any atom is -0.355 e. The van der Waals surface area contributed by atoms with Gasteiger partial charge in [-0.15, -0.1) is 0 Å². The number of nitrogens with one attached hydrogen (secondary N) is 1. The van der Waals surface area contributed by atoms with E-state index in [-0.39, 0.29) is 18.0 Å². The van der Waals surface area contributed by atoms with Crippen molar-refractivity contribution in [2.24, 2.45) is 5.41 Å². The van der Waals surface area contributed by atoms with E-state index in [9.17, 15) is 9.59 Å². The van der Waals surface area contributed by atoms with Gasteiger partial charge >= 0.3 is 0 Å². The van der Waals surface area contributed by atoms with Crippen molar-refractivity contribution in [1.82, 2.24) is 19.2 Å². The topological polar surface area (TPSA) is 84.5 Å². The van der Waals surface area contributed by atoms with E-state index in [4.69, 9.17) is 0 Å². The Morgan fingerprint density at radius 1 is 1.18 bits per heavy atom. The van der Waals surface area contributed by atoms with E-state index < -0.39 is 0 Å². The lowest BCUT2D eigenvalue weighted by Crippen LogP contribution is -2.35. The number of pyridine rings is 1. The predicted molar refractivity (Wildman–Crippen MR) is 105 cm³/mol. The van der Waals surface area contributed by atoms with Crippen molar-refractivity contribution >= 4 is 23.1 Å². The van der Waals surface area contributed by atoms with Gasteiger partial charge in [0, 0.05) is 49.5 Å². The first kappa shape index (κ1) is 17.0. The molecule has 28 heavy (non-hydrogen) atoms. The fourth-order valence-electron chi connectivity index (χ4n) is 4.26. The molecule has 2 fully saturated rings. The van der Waals surface area contributed by atoms with Crippen LogP contribution in [0, 0.1) is 5.41 Å². The van der Waals surface area contributed by atoms with Crippen LogP contribution in [0.15, 0.2) is 47.7 Å². The van der Waals surface area contributed by atoms with Gasteiger partial charge in [0.15, 0.2) is 0 Å². The molecule has 1 saturated heterocycles. The zero-order valence-corrected chi connectivity index (χ0v) is 15.5. The lowest BCUT2D eigenvalue weighted by atomic mass is 9.68. The maximum atomic E-state index is 12.4. The normalized spacial score (nSPS) is 17.8. The van der Waals surface area contributed by atoms with Gasteiger partial charge < -0.3 is 14.6 Å². The Morgan fingerprint density at radius 2 is 2.07 bits per heavy atom. The molecule has 1 amide bonds. The summed E-state index contributed by atoms with van der Waals surface area (Å²) in [6, 6.07) is 6.84. The summed E-state index contributed by atoms with van der Waals surface area (Å²) < 4.78 is 3.10. The van der Waals surface area contributed by atoms with Crippen LogP contribution in [0.3, 0.4) is 0 Å². The molecule has 1 N–H and O–H groups in total. The highest BCUT2D eigenvalue weighted by molar-refractivity contribution is 5.90. The first-order valence-corrected chi connectivity index (χ1v) is 9.66. The Labute approximate surface area is 161 Å². The van der Waals surface area contributed by atoms with Gasteiger partial charge in [-0.2, -0.15) is 5.10 Å². The third kappa shape index (κ3) is 3.04. The summed E-state index contributed by atoms with van der Waals surface area (Å²) in [5.41, 5.74) is 1.56. The van der Waals surface area contributed by atoms with E-state index >= 15 is 0 Å². The number of imidazole rings is 1. The average molecular weight is 378 g/mol. The molecule has 8 heteroatoms. The number of hydrogen-bond donors (Lipinski definition) is 1. The average Bonchev–Trinajstić information content (AvgIpc) is 3.30. The highest BCUT2D eigenvalue weighted by atomic mass is 16.2. The molecule has 1 spiro atoms. The van der Waals surface area contributed by atoms with Gasteiger partial charge in [0.05, 0.1) is 0 Å². The molecule has 1 aliphatic heterocycles. The van der Waals surface area contributed by atoms with Gasteiger partial charge in [-0.05, 0) is 36.8 Å². The van der Waals surface area contributed by atoms with Gasteiger partial charge in [0.25, 0.3) is 5.56 Å². The SMILES string of the molecule is O=C(Cn1nc(N2CCC3(CCC3)C2)ccc1=O)Nc1ccn2ccnc2c1. The molecule has 4 heterocycles. The highest BCUT2D eigenvalue weighted by Gasteiger charge is 2.43. The highest BCUT2D eigenvalue weighted by Crippen LogP contribution is 2.48. The van der Waals surface area contributed by atoms with E-state index in [0.717, 1.165) is 24.6 Å². The van der Waals surface area contributed by atoms with Crippen LogP contribution in [0.4, 0.5) is 11.5 Å². The predicted octanol–water partition coefficient (Wildman–Crippen LogP) is 1.91. The van der Waals surface area contributed by atoms with Crippen molar-refractivity contribution in [3.8, 4) is 0 Å². The summed E-state index contributed by atoms with van der Waals surface area (Å²) in [5, 5.41) is 7.27. The van der Waals surface area contributed by atoms with Crippen LogP contribution >= 0.6 is 0 Å². The van der Waals surface area contributed by atoms with Crippen molar-refractivity contribution in [3.05, 3.63) is 53.2 Å². The Morgan fingerprint density at radius 3 is 2.86 bits per heavy atom. The zero-order valence-electron chi connectivity index (χ0n) is 15.5. The maximum Gasteiger partial charge on any atom is 0.267 e. The number of anilines is 2. The van der Waals surface area contributed by atoms with Crippen molar-refractivity contribution in [3.63, 3.8) is 0 Å². The molecule has 3 aromatic heterocycles. The fourth-order valence-corrected chi connectivity index (χ4v) is 4.26. The minimum atomic E-state index is -0.292. The number of amides is 1. The van der Waals surface area contributed by atoms with Crippen LogP contribution in [0.25, 0.3) is 5.65 Å². The molecule has 8 nitrogen and oxygen atoms in total. The lowest BCUT2D eigenvalue weighted by Gasteiger charge is -2.38. The van der Waals surface area contributed by atoms with E-state index in [0.29, 0.717) is 11.1 Å². The zero-order chi connectivity index (χ0) is 19.1. The summed E-state index contributed by atoms with van der Waals surface area (Å²) >= 11 is 0. The van der Waals surface area contributed by atoms with Gasteiger partial charge in [0.1, 0.15) is 18.0 Å². The van der Waals surface area contributed by atoms with Gasteiger partial charge in [-0.3, -0.25) is 9.59 Å². The third-order valence-corrected chi connectivity index (χ3v) is 6.00. The molecule has 0 aromatic carbocycles.